The number of nitrogens with one attached hydrogen (secondary N) is 1. The Morgan fingerprint density at radius 3 is 2.71 bits per heavy atom. The molecule has 1 heterocycles. The maximum Gasteiger partial charge on any atom is 0.0764 e. The molecule has 0 aromatic carbocycles. The topological polar surface area (TPSA) is 21.3 Å². The summed E-state index contributed by atoms with van der Waals surface area (Å²) in [7, 11) is 1.18. The van der Waals surface area contributed by atoms with Crippen LogP contribution in [0.1, 0.15) is 27.2 Å². The lowest BCUT2D eigenvalue weighted by Gasteiger charge is -2.31. The summed E-state index contributed by atoms with van der Waals surface area (Å²) in [5.41, 5.74) is 1.56. The van der Waals surface area contributed by atoms with E-state index in [0.717, 1.165) is 19.7 Å². The zero-order valence-electron chi connectivity index (χ0n) is 9.89. The van der Waals surface area contributed by atoms with E-state index in [0.29, 0.717) is 12.0 Å². The van der Waals surface area contributed by atoms with Crippen LogP contribution in [0.25, 0.3) is 0 Å². The van der Waals surface area contributed by atoms with Gasteiger partial charge in [-0.25, -0.2) is 0 Å². The molecule has 2 atom stereocenters. The molecule has 1 fully saturated rings. The summed E-state index contributed by atoms with van der Waals surface area (Å²) in [6.45, 7) is 9.68. The maximum absolute atomic E-state index is 5.82. The number of rotatable bonds is 3. The van der Waals surface area contributed by atoms with Gasteiger partial charge in [0.1, 0.15) is 0 Å². The van der Waals surface area contributed by atoms with E-state index in [-0.39, 0.29) is 0 Å². The number of hydrogen-bond acceptors (Lipinski definition) is 2. The van der Waals surface area contributed by atoms with Crippen LogP contribution in [0.4, 0.5) is 0 Å². The predicted molar refractivity (Wildman–Crippen MR) is 64.7 cm³/mol. The van der Waals surface area contributed by atoms with Gasteiger partial charge in [0.05, 0.1) is 12.7 Å². The molecule has 1 aliphatic heterocycles. The Bertz CT molecular complexity index is 205. The van der Waals surface area contributed by atoms with Gasteiger partial charge >= 0.3 is 0 Å². The van der Waals surface area contributed by atoms with Crippen LogP contribution < -0.4 is 5.32 Å². The first-order valence-corrected chi connectivity index (χ1v) is 6.63. The summed E-state index contributed by atoms with van der Waals surface area (Å²) in [6.07, 6.45) is 1.59. The Hall–Kier alpha value is -0.123. The molecule has 82 valence electrons. The van der Waals surface area contributed by atoms with Crippen molar-refractivity contribution in [2.75, 3.05) is 19.7 Å². The molecule has 0 spiro atoms. The fraction of sp³-hybridized carbons (Fsp3) is 0.818. The third-order valence-electron chi connectivity index (χ3n) is 3.19. The van der Waals surface area contributed by atoms with Crippen molar-refractivity contribution in [3.8, 4) is 0 Å². The van der Waals surface area contributed by atoms with Crippen LogP contribution >= 0.6 is 0 Å². The van der Waals surface area contributed by atoms with E-state index >= 15 is 0 Å². The minimum atomic E-state index is 0.401. The van der Waals surface area contributed by atoms with Gasteiger partial charge in [0.2, 0.25) is 0 Å². The van der Waals surface area contributed by atoms with Crippen LogP contribution in [0.15, 0.2) is 10.8 Å². The molecule has 1 saturated heterocycles. The zero-order valence-corrected chi connectivity index (χ0v) is 11.9. The molecule has 2 unspecified atom stereocenters. The van der Waals surface area contributed by atoms with Crippen LogP contribution in [0.5, 0.6) is 0 Å². The van der Waals surface area contributed by atoms with Crippen molar-refractivity contribution >= 4 is 10.2 Å². The minimum Gasteiger partial charge on any atom is -0.375 e. The Labute approximate surface area is 90.5 Å². The monoisotopic (exact) mass is 213 g/mol. The molecule has 2 nitrogen and oxygen atoms in total. The second-order valence-corrected chi connectivity index (χ2v) is 5.81. The van der Waals surface area contributed by atoms with Crippen LogP contribution in [-0.2, 0) is 4.74 Å². The lowest BCUT2D eigenvalue weighted by molar-refractivity contribution is -0.000581. The molecule has 0 amide bonds. The summed E-state index contributed by atoms with van der Waals surface area (Å²) in [4.78, 5) is 0. The molecule has 0 aliphatic carbocycles. The molecule has 0 radical (unpaired) electrons. The van der Waals surface area contributed by atoms with Crippen molar-refractivity contribution < 1.29 is 4.74 Å². The first kappa shape index (κ1) is 11.9. The molecule has 0 aromatic heterocycles. The predicted octanol–water partition coefficient (Wildman–Crippen LogP) is 0.660. The van der Waals surface area contributed by atoms with Gasteiger partial charge in [0.15, 0.2) is 0 Å². The van der Waals surface area contributed by atoms with E-state index in [4.69, 9.17) is 4.74 Å². The summed E-state index contributed by atoms with van der Waals surface area (Å²) in [5, 5.41) is 4.98. The van der Waals surface area contributed by atoms with Crippen LogP contribution in [0.3, 0.4) is 0 Å². The van der Waals surface area contributed by atoms with Gasteiger partial charge in [-0.15, -0.1) is 0 Å². The molecule has 3 heteroatoms. The number of hydrogen-bond donors (Lipinski definition) is 1. The normalized spacial score (nSPS) is 27.2. The molecule has 0 saturated carbocycles. The average Bonchev–Trinajstić information content (AvgIpc) is 2.20. The molecule has 0 bridgehead atoms. The standard InChI is InChI=1S/C11H23NOSi/c1-4-10(8(2)9(3)14)11-7-12-5-6-13-11/h10-12H,4-7H2,1-3,14H3. The first-order valence-electron chi connectivity index (χ1n) is 5.63. The third-order valence-corrected chi connectivity index (χ3v) is 3.98. The second-order valence-electron chi connectivity index (χ2n) is 4.31. The molecule has 14 heavy (non-hydrogen) atoms. The lowest BCUT2D eigenvalue weighted by Crippen LogP contribution is -2.43. The van der Waals surface area contributed by atoms with E-state index < -0.39 is 0 Å². The molecular formula is C11H23NOSi. The molecule has 0 aromatic rings. The highest BCUT2D eigenvalue weighted by atomic mass is 28.1. The number of morpholine rings is 1. The van der Waals surface area contributed by atoms with Gasteiger partial charge < -0.3 is 10.1 Å². The SMILES string of the molecule is CCC(C(C)=C(C)[SiH3])C1CNCCO1. The first-order chi connectivity index (χ1) is 6.66. The third kappa shape index (κ3) is 2.94. The Kier molecular flexibility index (Phi) is 4.85. The smallest absolute Gasteiger partial charge is 0.0764 e. The lowest BCUT2D eigenvalue weighted by atomic mass is 9.90. The Morgan fingerprint density at radius 2 is 2.29 bits per heavy atom. The van der Waals surface area contributed by atoms with E-state index in [1.54, 1.807) is 10.8 Å². The van der Waals surface area contributed by atoms with Gasteiger partial charge in [-0.1, -0.05) is 17.7 Å². The summed E-state index contributed by atoms with van der Waals surface area (Å²) in [6, 6.07) is 0. The summed E-state index contributed by atoms with van der Waals surface area (Å²) >= 11 is 0. The highest BCUT2D eigenvalue weighted by Crippen LogP contribution is 2.23. The van der Waals surface area contributed by atoms with Gasteiger partial charge in [0, 0.05) is 29.2 Å². The van der Waals surface area contributed by atoms with Crippen molar-refractivity contribution in [3.63, 3.8) is 0 Å². The zero-order chi connectivity index (χ0) is 10.6. The van der Waals surface area contributed by atoms with E-state index in [1.165, 1.54) is 16.7 Å². The van der Waals surface area contributed by atoms with E-state index in [2.05, 4.69) is 26.1 Å². The van der Waals surface area contributed by atoms with Crippen molar-refractivity contribution in [3.05, 3.63) is 10.8 Å². The Balaban J connectivity index is 2.65. The van der Waals surface area contributed by atoms with E-state index in [9.17, 15) is 0 Å². The summed E-state index contributed by atoms with van der Waals surface area (Å²) < 4.78 is 5.82. The minimum absolute atomic E-state index is 0.401. The fourth-order valence-corrected chi connectivity index (χ4v) is 2.43. The van der Waals surface area contributed by atoms with Crippen LogP contribution in [0.2, 0.25) is 0 Å². The van der Waals surface area contributed by atoms with Crippen molar-refractivity contribution in [2.45, 2.75) is 33.3 Å². The second kappa shape index (κ2) is 5.68. The average molecular weight is 213 g/mol. The van der Waals surface area contributed by atoms with Crippen molar-refractivity contribution in [1.82, 2.24) is 5.32 Å². The van der Waals surface area contributed by atoms with Gasteiger partial charge in [-0.2, -0.15) is 0 Å². The van der Waals surface area contributed by atoms with Crippen LogP contribution in [0, 0.1) is 5.92 Å². The molecule has 1 N–H and O–H groups in total. The van der Waals surface area contributed by atoms with Crippen LogP contribution in [-0.4, -0.2) is 36.0 Å². The maximum atomic E-state index is 5.82. The fourth-order valence-electron chi connectivity index (χ4n) is 2.06. The number of allylic oxidation sites excluding steroid dienone is 1. The largest absolute Gasteiger partial charge is 0.375 e. The highest BCUT2D eigenvalue weighted by molar-refractivity contribution is 6.21. The van der Waals surface area contributed by atoms with Crippen molar-refractivity contribution in [2.24, 2.45) is 5.92 Å². The van der Waals surface area contributed by atoms with Crippen molar-refractivity contribution in [1.29, 1.82) is 0 Å². The number of ether oxygens (including phenoxy) is 1. The molecule has 1 aliphatic rings. The highest BCUT2D eigenvalue weighted by Gasteiger charge is 2.24. The quantitative estimate of drug-likeness (QED) is 0.696. The van der Waals surface area contributed by atoms with E-state index in [1.807, 2.05) is 0 Å². The Morgan fingerprint density at radius 1 is 1.57 bits per heavy atom. The molecule has 1 rings (SSSR count). The van der Waals surface area contributed by atoms with Gasteiger partial charge in [-0.05, 0) is 20.3 Å². The van der Waals surface area contributed by atoms with Gasteiger partial charge in [0.25, 0.3) is 0 Å². The molecular weight excluding hydrogens is 190 g/mol. The van der Waals surface area contributed by atoms with Gasteiger partial charge in [-0.3, -0.25) is 0 Å². The summed E-state index contributed by atoms with van der Waals surface area (Å²) in [5.74, 6) is 0.625.